The van der Waals surface area contributed by atoms with Crippen molar-refractivity contribution in [1.82, 2.24) is 0 Å². The monoisotopic (exact) mass is 296 g/mol. The van der Waals surface area contributed by atoms with E-state index in [-0.39, 0.29) is 17.3 Å². The van der Waals surface area contributed by atoms with Crippen LogP contribution in [0.3, 0.4) is 0 Å². The summed E-state index contributed by atoms with van der Waals surface area (Å²) in [5.41, 5.74) is -0.844. The normalized spacial score (nSPS) is 12.8. The van der Waals surface area contributed by atoms with Gasteiger partial charge >= 0.3 is 6.18 Å². The summed E-state index contributed by atoms with van der Waals surface area (Å²) < 4.78 is 39.0. The molecule has 0 fully saturated rings. The van der Waals surface area contributed by atoms with Gasteiger partial charge in [-0.3, -0.25) is 0 Å². The van der Waals surface area contributed by atoms with E-state index in [0.29, 0.717) is 0 Å². The van der Waals surface area contributed by atoms with Crippen molar-refractivity contribution in [3.8, 4) is 6.07 Å². The molecule has 0 spiro atoms. The second kappa shape index (κ2) is 5.55. The van der Waals surface area contributed by atoms with E-state index in [1.807, 2.05) is 17.5 Å². The molecule has 104 valence electrons. The molecule has 6 heteroatoms. The lowest BCUT2D eigenvalue weighted by atomic mass is 10.1. The van der Waals surface area contributed by atoms with Gasteiger partial charge in [0.15, 0.2) is 0 Å². The molecule has 2 rings (SSSR count). The maximum absolute atomic E-state index is 13.0. The van der Waals surface area contributed by atoms with Crippen molar-refractivity contribution < 1.29 is 13.2 Å². The molecule has 1 unspecified atom stereocenters. The van der Waals surface area contributed by atoms with Gasteiger partial charge in [-0.1, -0.05) is 6.07 Å². The van der Waals surface area contributed by atoms with Gasteiger partial charge in [-0.25, -0.2) is 0 Å². The van der Waals surface area contributed by atoms with Crippen molar-refractivity contribution in [2.45, 2.75) is 19.1 Å². The fourth-order valence-corrected chi connectivity index (χ4v) is 2.55. The lowest BCUT2D eigenvalue weighted by Gasteiger charge is -2.18. The summed E-state index contributed by atoms with van der Waals surface area (Å²) in [7, 11) is 0. The zero-order valence-electron chi connectivity index (χ0n) is 10.5. The Bertz CT molecular complexity index is 627. The Kier molecular flexibility index (Phi) is 4.00. The number of hydrogen-bond acceptors (Lipinski definition) is 3. The number of nitrogens with one attached hydrogen (secondary N) is 1. The summed E-state index contributed by atoms with van der Waals surface area (Å²) in [6.07, 6.45) is -4.50. The van der Waals surface area contributed by atoms with Crippen LogP contribution in [0.25, 0.3) is 0 Å². The van der Waals surface area contributed by atoms with Crippen LogP contribution in [0.1, 0.15) is 29.0 Å². The van der Waals surface area contributed by atoms with Gasteiger partial charge in [0.05, 0.1) is 23.2 Å². The third-order valence-electron chi connectivity index (χ3n) is 2.80. The van der Waals surface area contributed by atoms with Crippen LogP contribution in [0.2, 0.25) is 0 Å². The number of anilines is 1. The molecule has 0 saturated heterocycles. The molecule has 1 N–H and O–H groups in total. The molecule has 2 aromatic rings. The number of halogens is 3. The van der Waals surface area contributed by atoms with Crippen LogP contribution < -0.4 is 5.32 Å². The fourth-order valence-electron chi connectivity index (χ4n) is 1.82. The third-order valence-corrected chi connectivity index (χ3v) is 3.85. The highest BCUT2D eigenvalue weighted by atomic mass is 32.1. The van der Waals surface area contributed by atoms with Gasteiger partial charge < -0.3 is 5.32 Å². The van der Waals surface area contributed by atoms with E-state index >= 15 is 0 Å². The van der Waals surface area contributed by atoms with Crippen LogP contribution >= 0.6 is 11.3 Å². The maximum atomic E-state index is 13.0. The fraction of sp³-hybridized carbons (Fsp3) is 0.214. The first kappa shape index (κ1) is 14.4. The molecule has 20 heavy (non-hydrogen) atoms. The lowest BCUT2D eigenvalue weighted by Crippen LogP contribution is -2.13. The Morgan fingerprint density at radius 3 is 2.60 bits per heavy atom. The smallest absolute Gasteiger partial charge is 0.377 e. The van der Waals surface area contributed by atoms with E-state index in [1.165, 1.54) is 23.5 Å². The molecule has 0 aliphatic carbocycles. The maximum Gasteiger partial charge on any atom is 0.418 e. The highest BCUT2D eigenvalue weighted by molar-refractivity contribution is 7.10. The number of alkyl halides is 3. The van der Waals surface area contributed by atoms with Gasteiger partial charge in [-0.2, -0.15) is 18.4 Å². The molecule has 0 amide bonds. The molecule has 2 nitrogen and oxygen atoms in total. The third kappa shape index (κ3) is 3.11. The van der Waals surface area contributed by atoms with Gasteiger partial charge in [0.1, 0.15) is 0 Å². The molecule has 1 atom stereocenters. The first-order valence-electron chi connectivity index (χ1n) is 5.83. The Morgan fingerprint density at radius 1 is 1.30 bits per heavy atom. The second-order valence-electron chi connectivity index (χ2n) is 4.25. The molecule has 1 aromatic carbocycles. The minimum absolute atomic E-state index is 0.00773. The largest absolute Gasteiger partial charge is 0.418 e. The van der Waals surface area contributed by atoms with E-state index in [0.717, 1.165) is 10.9 Å². The number of nitrogens with zero attached hydrogens (tertiary/aromatic N) is 1. The zero-order valence-corrected chi connectivity index (χ0v) is 11.3. The molecule has 1 heterocycles. The van der Waals surface area contributed by atoms with Gasteiger partial charge in [0.25, 0.3) is 0 Å². The Hall–Kier alpha value is -2.00. The Morgan fingerprint density at radius 2 is 2.05 bits per heavy atom. The van der Waals surface area contributed by atoms with Crippen molar-refractivity contribution in [2.24, 2.45) is 0 Å². The lowest BCUT2D eigenvalue weighted by molar-refractivity contribution is -0.137. The van der Waals surface area contributed by atoms with Gasteiger partial charge in [-0.05, 0) is 36.6 Å². The van der Waals surface area contributed by atoms with Crippen LogP contribution in [0.4, 0.5) is 18.9 Å². The van der Waals surface area contributed by atoms with Gasteiger partial charge in [-0.15, -0.1) is 11.3 Å². The predicted molar refractivity (Wildman–Crippen MR) is 72.5 cm³/mol. The van der Waals surface area contributed by atoms with Crippen LogP contribution in [-0.2, 0) is 6.18 Å². The van der Waals surface area contributed by atoms with Crippen molar-refractivity contribution in [3.63, 3.8) is 0 Å². The number of nitriles is 1. The highest BCUT2D eigenvalue weighted by Crippen LogP contribution is 2.37. The van der Waals surface area contributed by atoms with E-state index < -0.39 is 11.7 Å². The summed E-state index contributed by atoms with van der Waals surface area (Å²) in [6, 6.07) is 8.73. The summed E-state index contributed by atoms with van der Waals surface area (Å²) in [4.78, 5) is 0.947. The van der Waals surface area contributed by atoms with E-state index in [1.54, 1.807) is 13.0 Å². The molecular weight excluding hydrogens is 285 g/mol. The van der Waals surface area contributed by atoms with Crippen molar-refractivity contribution in [1.29, 1.82) is 5.26 Å². The summed E-state index contributed by atoms with van der Waals surface area (Å²) in [5, 5.41) is 13.4. The highest BCUT2D eigenvalue weighted by Gasteiger charge is 2.34. The predicted octanol–water partition coefficient (Wildman–Crippen LogP) is 4.81. The second-order valence-corrected chi connectivity index (χ2v) is 5.23. The van der Waals surface area contributed by atoms with Crippen molar-refractivity contribution >= 4 is 17.0 Å². The molecule has 0 aliphatic heterocycles. The molecule has 1 aromatic heterocycles. The van der Waals surface area contributed by atoms with E-state index in [4.69, 9.17) is 5.26 Å². The van der Waals surface area contributed by atoms with Crippen LogP contribution in [-0.4, -0.2) is 0 Å². The molecular formula is C14H11F3N2S. The van der Waals surface area contributed by atoms with Gasteiger partial charge in [0.2, 0.25) is 0 Å². The zero-order chi connectivity index (χ0) is 14.8. The Labute approximate surface area is 118 Å². The molecule has 0 aliphatic rings. The van der Waals surface area contributed by atoms with Crippen LogP contribution in [0, 0.1) is 11.3 Å². The molecule has 0 bridgehead atoms. The minimum atomic E-state index is -4.50. The molecule has 0 saturated carbocycles. The quantitative estimate of drug-likeness (QED) is 0.882. The topological polar surface area (TPSA) is 35.8 Å². The summed E-state index contributed by atoms with van der Waals surface area (Å²) in [6.45, 7) is 1.80. The number of rotatable bonds is 3. The average Bonchev–Trinajstić information content (AvgIpc) is 2.91. The number of benzene rings is 1. The first-order chi connectivity index (χ1) is 9.41. The van der Waals surface area contributed by atoms with E-state index in [2.05, 4.69) is 5.32 Å². The molecule has 0 radical (unpaired) electrons. The summed E-state index contributed by atoms with van der Waals surface area (Å²) in [5.74, 6) is 0. The standard InChI is InChI=1S/C14H11F3N2S/c1-9(13-3-2-6-20-13)19-12-5-4-10(8-18)7-11(12)14(15,16)17/h2-7,9,19H,1H3. The van der Waals surface area contributed by atoms with Gasteiger partial charge in [0, 0.05) is 10.6 Å². The van der Waals surface area contributed by atoms with Crippen LogP contribution in [0.15, 0.2) is 35.7 Å². The number of hydrogen-bond donors (Lipinski definition) is 1. The van der Waals surface area contributed by atoms with Crippen molar-refractivity contribution in [2.75, 3.05) is 5.32 Å². The average molecular weight is 296 g/mol. The Balaban J connectivity index is 2.34. The SMILES string of the molecule is CC(Nc1ccc(C#N)cc1C(F)(F)F)c1cccs1. The van der Waals surface area contributed by atoms with E-state index in [9.17, 15) is 13.2 Å². The van der Waals surface area contributed by atoms with Crippen LogP contribution in [0.5, 0.6) is 0 Å². The summed E-state index contributed by atoms with van der Waals surface area (Å²) >= 11 is 1.48. The minimum Gasteiger partial charge on any atom is -0.377 e. The van der Waals surface area contributed by atoms with Crippen molar-refractivity contribution in [3.05, 3.63) is 51.7 Å². The number of thiophene rings is 1. The first-order valence-corrected chi connectivity index (χ1v) is 6.71.